The van der Waals surface area contributed by atoms with Crippen LogP contribution in [0, 0.1) is 0 Å². The summed E-state index contributed by atoms with van der Waals surface area (Å²) in [7, 11) is 1.69. The first kappa shape index (κ1) is 14.9. The monoisotopic (exact) mass is 275 g/mol. The first-order valence-electron chi connectivity index (χ1n) is 7.32. The van der Waals surface area contributed by atoms with Crippen molar-refractivity contribution < 1.29 is 9.15 Å². The van der Waals surface area contributed by atoms with Gasteiger partial charge in [-0.25, -0.2) is 0 Å². The molecule has 110 valence electrons. The average Bonchev–Trinajstić information content (AvgIpc) is 2.80. The van der Waals surface area contributed by atoms with Crippen molar-refractivity contribution in [3.05, 3.63) is 30.0 Å². The lowest BCUT2D eigenvalue weighted by Crippen LogP contribution is -2.38. The molecule has 0 bridgehead atoms. The second-order valence-electron chi connectivity index (χ2n) is 5.80. The standard InChI is InChI=1S/C17H25NO2/c1-12(2)18(13(3)4)9-8-14-11-20-17-7-6-15(19-5)10-16(14)17/h6-7,10-13H,8-9H2,1-5H3. The molecule has 0 radical (unpaired) electrons. The SMILES string of the molecule is COc1ccc2occ(CCN(C(C)C)C(C)C)c2c1. The van der Waals surface area contributed by atoms with Gasteiger partial charge in [0.05, 0.1) is 13.4 Å². The van der Waals surface area contributed by atoms with E-state index in [-0.39, 0.29) is 0 Å². The molecule has 1 aromatic carbocycles. The first-order valence-corrected chi connectivity index (χ1v) is 7.32. The van der Waals surface area contributed by atoms with Crippen LogP contribution in [0.4, 0.5) is 0 Å². The fourth-order valence-electron chi connectivity index (χ4n) is 2.74. The average molecular weight is 275 g/mol. The van der Waals surface area contributed by atoms with Gasteiger partial charge in [0, 0.05) is 24.0 Å². The summed E-state index contributed by atoms with van der Waals surface area (Å²) in [6, 6.07) is 7.08. The summed E-state index contributed by atoms with van der Waals surface area (Å²) in [5.41, 5.74) is 2.19. The van der Waals surface area contributed by atoms with Gasteiger partial charge >= 0.3 is 0 Å². The number of fused-ring (bicyclic) bond motifs is 1. The zero-order chi connectivity index (χ0) is 14.7. The van der Waals surface area contributed by atoms with Gasteiger partial charge in [0.15, 0.2) is 0 Å². The number of methoxy groups -OCH3 is 1. The number of hydrogen-bond donors (Lipinski definition) is 0. The number of nitrogens with zero attached hydrogens (tertiary/aromatic N) is 1. The largest absolute Gasteiger partial charge is 0.497 e. The molecule has 2 aromatic rings. The number of ether oxygens (including phenoxy) is 1. The molecule has 0 aliphatic carbocycles. The Balaban J connectivity index is 2.17. The van der Waals surface area contributed by atoms with E-state index >= 15 is 0 Å². The van der Waals surface area contributed by atoms with E-state index in [0.29, 0.717) is 12.1 Å². The Morgan fingerprint density at radius 2 is 1.85 bits per heavy atom. The van der Waals surface area contributed by atoms with Crippen molar-refractivity contribution in [1.82, 2.24) is 4.90 Å². The van der Waals surface area contributed by atoms with E-state index in [1.165, 1.54) is 5.56 Å². The smallest absolute Gasteiger partial charge is 0.134 e. The van der Waals surface area contributed by atoms with Crippen LogP contribution < -0.4 is 4.74 Å². The summed E-state index contributed by atoms with van der Waals surface area (Å²) in [5, 5.41) is 1.16. The van der Waals surface area contributed by atoms with Gasteiger partial charge in [-0.15, -0.1) is 0 Å². The highest BCUT2D eigenvalue weighted by molar-refractivity contribution is 5.82. The van der Waals surface area contributed by atoms with Crippen molar-refractivity contribution in [3.8, 4) is 5.75 Å². The third kappa shape index (κ3) is 3.15. The minimum absolute atomic E-state index is 0.558. The van der Waals surface area contributed by atoms with Crippen LogP contribution in [0.3, 0.4) is 0 Å². The minimum Gasteiger partial charge on any atom is -0.497 e. The lowest BCUT2D eigenvalue weighted by atomic mass is 10.1. The summed E-state index contributed by atoms with van der Waals surface area (Å²) in [6.07, 6.45) is 2.87. The van der Waals surface area contributed by atoms with Crippen molar-refractivity contribution in [1.29, 1.82) is 0 Å². The van der Waals surface area contributed by atoms with Gasteiger partial charge in [-0.3, -0.25) is 4.90 Å². The quantitative estimate of drug-likeness (QED) is 0.793. The van der Waals surface area contributed by atoms with Gasteiger partial charge < -0.3 is 9.15 Å². The number of hydrogen-bond acceptors (Lipinski definition) is 3. The summed E-state index contributed by atoms with van der Waals surface area (Å²) in [6.45, 7) is 10.0. The van der Waals surface area contributed by atoms with Crippen molar-refractivity contribution >= 4 is 11.0 Å². The summed E-state index contributed by atoms with van der Waals surface area (Å²) >= 11 is 0. The zero-order valence-electron chi connectivity index (χ0n) is 13.1. The fourth-order valence-corrected chi connectivity index (χ4v) is 2.74. The second-order valence-corrected chi connectivity index (χ2v) is 5.80. The molecular formula is C17H25NO2. The third-order valence-electron chi connectivity index (χ3n) is 3.83. The molecule has 0 amide bonds. The first-order chi connectivity index (χ1) is 9.52. The minimum atomic E-state index is 0.558. The molecule has 3 heteroatoms. The molecule has 20 heavy (non-hydrogen) atoms. The van der Waals surface area contributed by atoms with Gasteiger partial charge in [-0.2, -0.15) is 0 Å². The zero-order valence-corrected chi connectivity index (χ0v) is 13.1. The van der Waals surface area contributed by atoms with Crippen LogP contribution in [0.2, 0.25) is 0 Å². The summed E-state index contributed by atoms with van der Waals surface area (Å²) in [5.74, 6) is 0.879. The van der Waals surface area contributed by atoms with Crippen LogP contribution in [0.1, 0.15) is 33.3 Å². The van der Waals surface area contributed by atoms with Crippen LogP contribution in [0.15, 0.2) is 28.9 Å². The van der Waals surface area contributed by atoms with E-state index in [9.17, 15) is 0 Å². The van der Waals surface area contributed by atoms with Crippen molar-refractivity contribution in [3.63, 3.8) is 0 Å². The molecular weight excluding hydrogens is 250 g/mol. The molecule has 0 spiro atoms. The van der Waals surface area contributed by atoms with Gasteiger partial charge in [0.25, 0.3) is 0 Å². The van der Waals surface area contributed by atoms with E-state index in [1.54, 1.807) is 7.11 Å². The molecule has 0 saturated carbocycles. The van der Waals surface area contributed by atoms with Crippen LogP contribution in [-0.2, 0) is 6.42 Å². The third-order valence-corrected chi connectivity index (χ3v) is 3.83. The number of benzene rings is 1. The lowest BCUT2D eigenvalue weighted by Gasteiger charge is -2.30. The Kier molecular flexibility index (Phi) is 4.71. The maximum absolute atomic E-state index is 5.63. The van der Waals surface area contributed by atoms with Crippen molar-refractivity contribution in [2.75, 3.05) is 13.7 Å². The Morgan fingerprint density at radius 1 is 1.15 bits per heavy atom. The molecule has 0 fully saturated rings. The molecule has 0 unspecified atom stereocenters. The molecule has 0 saturated heterocycles. The van der Waals surface area contributed by atoms with Crippen molar-refractivity contribution in [2.24, 2.45) is 0 Å². The molecule has 2 rings (SSSR count). The van der Waals surface area contributed by atoms with E-state index < -0.39 is 0 Å². The highest BCUT2D eigenvalue weighted by Gasteiger charge is 2.14. The molecule has 0 aliphatic rings. The van der Waals surface area contributed by atoms with Crippen LogP contribution >= 0.6 is 0 Å². The lowest BCUT2D eigenvalue weighted by molar-refractivity contribution is 0.177. The summed E-state index contributed by atoms with van der Waals surface area (Å²) < 4.78 is 10.9. The number of rotatable bonds is 6. The van der Waals surface area contributed by atoms with E-state index in [1.807, 2.05) is 18.4 Å². The Labute approximate surface area is 121 Å². The maximum Gasteiger partial charge on any atom is 0.134 e. The molecule has 0 N–H and O–H groups in total. The highest BCUT2D eigenvalue weighted by Crippen LogP contribution is 2.26. The predicted octanol–water partition coefficient (Wildman–Crippen LogP) is 4.10. The predicted molar refractivity (Wildman–Crippen MR) is 83.4 cm³/mol. The topological polar surface area (TPSA) is 25.6 Å². The van der Waals surface area contributed by atoms with Gasteiger partial charge in [-0.1, -0.05) is 0 Å². The van der Waals surface area contributed by atoms with Crippen molar-refractivity contribution in [2.45, 2.75) is 46.2 Å². The Hall–Kier alpha value is -1.48. The fraction of sp³-hybridized carbons (Fsp3) is 0.529. The van der Waals surface area contributed by atoms with E-state index in [0.717, 1.165) is 29.7 Å². The molecule has 3 nitrogen and oxygen atoms in total. The van der Waals surface area contributed by atoms with Gasteiger partial charge in [-0.05, 0) is 57.9 Å². The molecule has 0 atom stereocenters. The van der Waals surface area contributed by atoms with E-state index in [2.05, 4.69) is 38.7 Å². The van der Waals surface area contributed by atoms with Gasteiger partial charge in [0.1, 0.15) is 11.3 Å². The maximum atomic E-state index is 5.63. The van der Waals surface area contributed by atoms with E-state index in [4.69, 9.17) is 9.15 Å². The molecule has 1 heterocycles. The second kappa shape index (κ2) is 6.31. The molecule has 0 aliphatic heterocycles. The van der Waals surface area contributed by atoms with Crippen LogP contribution in [-0.4, -0.2) is 30.6 Å². The van der Waals surface area contributed by atoms with Crippen LogP contribution in [0.25, 0.3) is 11.0 Å². The summed E-state index contributed by atoms with van der Waals surface area (Å²) in [4.78, 5) is 2.50. The van der Waals surface area contributed by atoms with Crippen LogP contribution in [0.5, 0.6) is 5.75 Å². The molecule has 1 aromatic heterocycles. The highest BCUT2D eigenvalue weighted by atomic mass is 16.5. The number of furan rings is 1. The normalized spacial score (nSPS) is 12.0. The van der Waals surface area contributed by atoms with Gasteiger partial charge in [0.2, 0.25) is 0 Å². The Bertz CT molecular complexity index is 549. The Morgan fingerprint density at radius 3 is 2.45 bits per heavy atom.